The highest BCUT2D eigenvalue weighted by Crippen LogP contribution is 2.77. The SMILES string of the molecule is C=C1[C@@H]([C@@]2(C)[C@@H](OC(C)=O)CC(=O)O[C@](C)(COC(C)=O)[C@@H]2CC(=O)OC)[C@@H](OC=O)[C@H](OC(=O)[C@H](O)C(C)C)[C@@]2(C)[C@@H](c3ccoc3)[C@@H](OC(=O)[C@@H](C)CC)[C@H]3O[C@]132. The van der Waals surface area contributed by atoms with Crippen molar-refractivity contribution in [3.63, 3.8) is 0 Å². The van der Waals surface area contributed by atoms with E-state index >= 15 is 0 Å². The minimum absolute atomic E-state index is 0.134. The number of ether oxygens (including phenoxy) is 8. The first-order valence-electron chi connectivity index (χ1n) is 19.8. The van der Waals surface area contributed by atoms with Gasteiger partial charge in [0.2, 0.25) is 0 Å². The number of cyclic esters (lactones) is 1. The summed E-state index contributed by atoms with van der Waals surface area (Å²) in [5.74, 6) is -9.56. The Morgan fingerprint density at radius 3 is 2.22 bits per heavy atom. The van der Waals surface area contributed by atoms with Gasteiger partial charge in [0.1, 0.15) is 48.3 Å². The summed E-state index contributed by atoms with van der Waals surface area (Å²) < 4.78 is 53.4. The molecule has 0 bridgehead atoms. The Bertz CT molecular complexity index is 1820. The Kier molecular flexibility index (Phi) is 12.8. The average Bonchev–Trinajstić information content (AvgIpc) is 3.64. The van der Waals surface area contributed by atoms with Crippen LogP contribution in [0.5, 0.6) is 0 Å². The van der Waals surface area contributed by atoms with Crippen molar-refractivity contribution in [3.05, 3.63) is 36.3 Å². The molecule has 1 N–H and O–H groups in total. The lowest BCUT2D eigenvalue weighted by molar-refractivity contribution is -0.228. The molecule has 2 aliphatic carbocycles. The predicted molar refractivity (Wildman–Crippen MR) is 200 cm³/mol. The number of hydrogen-bond acceptors (Lipinski definition) is 17. The van der Waals surface area contributed by atoms with Crippen LogP contribution in [0.25, 0.3) is 0 Å². The normalized spacial score (nSPS) is 37.0. The molecule has 2 aliphatic heterocycles. The predicted octanol–water partition coefficient (Wildman–Crippen LogP) is 3.52. The Morgan fingerprint density at radius 1 is 1.00 bits per heavy atom. The number of epoxide rings is 1. The van der Waals surface area contributed by atoms with Gasteiger partial charge in [-0.1, -0.05) is 48.1 Å². The molecule has 59 heavy (non-hydrogen) atoms. The van der Waals surface area contributed by atoms with Crippen molar-refractivity contribution in [2.24, 2.45) is 34.5 Å². The summed E-state index contributed by atoms with van der Waals surface area (Å²) in [7, 11) is 1.14. The molecular formula is C42H56O17. The third kappa shape index (κ3) is 7.53. The van der Waals surface area contributed by atoms with E-state index in [9.17, 15) is 38.7 Å². The van der Waals surface area contributed by atoms with Crippen LogP contribution in [0, 0.1) is 34.5 Å². The van der Waals surface area contributed by atoms with Gasteiger partial charge in [0.25, 0.3) is 6.47 Å². The van der Waals surface area contributed by atoms with Crippen molar-refractivity contribution in [3.8, 4) is 0 Å². The van der Waals surface area contributed by atoms with E-state index in [4.69, 9.17) is 42.3 Å². The third-order valence-electron chi connectivity index (χ3n) is 13.3. The maximum absolute atomic E-state index is 14.1. The van der Waals surface area contributed by atoms with Crippen LogP contribution in [0.4, 0.5) is 0 Å². The quantitative estimate of drug-likeness (QED) is 0.0876. The van der Waals surface area contributed by atoms with Gasteiger partial charge in [0, 0.05) is 37.0 Å². The second-order valence-corrected chi connectivity index (χ2v) is 17.1. The van der Waals surface area contributed by atoms with Crippen LogP contribution in [0.3, 0.4) is 0 Å². The first-order chi connectivity index (χ1) is 27.6. The molecule has 0 aromatic carbocycles. The number of carbonyl (C=O) groups excluding carboxylic acids is 7. The molecule has 5 rings (SSSR count). The summed E-state index contributed by atoms with van der Waals surface area (Å²) in [6.45, 7) is 17.9. The maximum atomic E-state index is 14.1. The van der Waals surface area contributed by atoms with Gasteiger partial charge in [-0.15, -0.1) is 0 Å². The summed E-state index contributed by atoms with van der Waals surface area (Å²) >= 11 is 0. The number of hydrogen-bond donors (Lipinski definition) is 1. The van der Waals surface area contributed by atoms with Gasteiger partial charge >= 0.3 is 35.8 Å². The van der Waals surface area contributed by atoms with E-state index in [2.05, 4.69) is 6.58 Å². The Balaban J connectivity index is 1.87. The van der Waals surface area contributed by atoms with Gasteiger partial charge in [-0.05, 0) is 36.5 Å². The van der Waals surface area contributed by atoms with Crippen LogP contribution in [0.1, 0.15) is 93.1 Å². The minimum Gasteiger partial charge on any atom is -0.472 e. The van der Waals surface area contributed by atoms with Gasteiger partial charge in [0.15, 0.2) is 6.10 Å². The fraction of sp³-hybridized carbons (Fsp3) is 0.690. The molecular weight excluding hydrogens is 776 g/mol. The molecule has 2 saturated heterocycles. The molecule has 0 radical (unpaired) electrons. The van der Waals surface area contributed by atoms with Crippen molar-refractivity contribution in [1.29, 1.82) is 0 Å². The lowest BCUT2D eigenvalue weighted by Gasteiger charge is -2.59. The number of furan rings is 1. The van der Waals surface area contributed by atoms with Crippen molar-refractivity contribution in [1.82, 2.24) is 0 Å². The Morgan fingerprint density at radius 2 is 1.68 bits per heavy atom. The van der Waals surface area contributed by atoms with Gasteiger partial charge < -0.3 is 47.4 Å². The highest BCUT2D eigenvalue weighted by Gasteiger charge is 2.88. The maximum Gasteiger partial charge on any atom is 0.335 e. The van der Waals surface area contributed by atoms with Crippen molar-refractivity contribution < 1.29 is 81.0 Å². The van der Waals surface area contributed by atoms with Gasteiger partial charge in [0.05, 0.1) is 43.8 Å². The van der Waals surface area contributed by atoms with E-state index in [1.165, 1.54) is 19.5 Å². The summed E-state index contributed by atoms with van der Waals surface area (Å²) in [6, 6.07) is 1.66. The van der Waals surface area contributed by atoms with E-state index in [-0.39, 0.29) is 12.0 Å². The highest BCUT2D eigenvalue weighted by atomic mass is 16.7. The van der Waals surface area contributed by atoms with E-state index in [1.807, 2.05) is 6.92 Å². The minimum atomic E-state index is -1.85. The molecule has 4 aliphatic rings. The molecule has 1 aromatic heterocycles. The van der Waals surface area contributed by atoms with E-state index in [0.29, 0.717) is 12.0 Å². The second kappa shape index (κ2) is 16.7. The molecule has 326 valence electrons. The van der Waals surface area contributed by atoms with E-state index < -0.39 is 144 Å². The largest absolute Gasteiger partial charge is 0.472 e. The van der Waals surface area contributed by atoms with Crippen LogP contribution in [0.15, 0.2) is 35.2 Å². The topological polar surface area (TPSA) is 230 Å². The Hall–Kier alpha value is -4.77. The molecule has 2 saturated carbocycles. The first kappa shape index (κ1) is 45.3. The Labute approximate surface area is 342 Å². The molecule has 3 heterocycles. The lowest BCUT2D eigenvalue weighted by atomic mass is 9.47. The molecule has 0 unspecified atom stereocenters. The summed E-state index contributed by atoms with van der Waals surface area (Å²) in [5.41, 5.74) is -6.05. The van der Waals surface area contributed by atoms with E-state index in [1.54, 1.807) is 40.7 Å². The lowest BCUT2D eigenvalue weighted by Crippen LogP contribution is -2.68. The van der Waals surface area contributed by atoms with E-state index in [0.717, 1.165) is 21.0 Å². The number of esters is 6. The van der Waals surface area contributed by atoms with Crippen LogP contribution in [-0.4, -0.2) is 109 Å². The molecule has 1 aromatic rings. The van der Waals surface area contributed by atoms with Gasteiger partial charge in [-0.3, -0.25) is 28.8 Å². The number of aliphatic hydroxyl groups excluding tert-OH is 1. The number of methoxy groups -OCH3 is 1. The number of carbonyl (C=O) groups is 7. The second-order valence-electron chi connectivity index (χ2n) is 17.1. The fourth-order valence-electron chi connectivity index (χ4n) is 10.2. The number of aliphatic hydroxyl groups is 1. The van der Waals surface area contributed by atoms with Crippen molar-refractivity contribution in [2.75, 3.05) is 13.7 Å². The molecule has 17 nitrogen and oxygen atoms in total. The fourth-order valence-corrected chi connectivity index (χ4v) is 10.2. The first-order valence-corrected chi connectivity index (χ1v) is 19.8. The van der Waals surface area contributed by atoms with Crippen molar-refractivity contribution in [2.45, 2.75) is 135 Å². The monoisotopic (exact) mass is 832 g/mol. The molecule has 4 fully saturated rings. The van der Waals surface area contributed by atoms with Crippen LogP contribution in [0.2, 0.25) is 0 Å². The molecule has 14 atom stereocenters. The summed E-state index contributed by atoms with van der Waals surface area (Å²) in [6.07, 6.45) is -6.15. The smallest absolute Gasteiger partial charge is 0.335 e. The number of rotatable bonds is 15. The highest BCUT2D eigenvalue weighted by molar-refractivity contribution is 5.76. The zero-order chi connectivity index (χ0) is 44.0. The standard InChI is InChI=1S/C42H56O17/c1-12-21(4)37(49)56-34-31(25-13-14-52-17-25)41(10)35(57-38(50)32(48)20(2)3)33(54-19-43)30(22(5)42(41)36(34)59-42)40(9)26(15-28(46)51-11)39(8,18-53-23(6)44)58-29(47)16-27(40)55-24(7)45/h13-14,17,19-21,26-27,30-36,48H,5,12,15-16,18H2,1-4,6-11H3/t21-,26-,27-,30+,31-,32+,33+,34+,35-,36+,39+,40+,41+,42+/m0/s1. The average molecular weight is 833 g/mol. The van der Waals surface area contributed by atoms with Crippen molar-refractivity contribution >= 4 is 42.3 Å². The van der Waals surface area contributed by atoms with Crippen LogP contribution in [-0.2, 0) is 71.5 Å². The zero-order valence-electron chi connectivity index (χ0n) is 35.2. The van der Waals surface area contributed by atoms with Crippen LogP contribution < -0.4 is 0 Å². The zero-order valence-corrected chi connectivity index (χ0v) is 35.2. The third-order valence-corrected chi connectivity index (χ3v) is 13.3. The molecule has 17 heteroatoms. The van der Waals surface area contributed by atoms with Crippen LogP contribution >= 0.6 is 0 Å². The summed E-state index contributed by atoms with van der Waals surface area (Å²) in [4.78, 5) is 93.0. The summed E-state index contributed by atoms with van der Waals surface area (Å²) in [5, 5.41) is 11.1. The van der Waals surface area contributed by atoms with Gasteiger partial charge in [-0.25, -0.2) is 4.79 Å². The van der Waals surface area contributed by atoms with Gasteiger partial charge in [-0.2, -0.15) is 0 Å². The molecule has 1 spiro atoms. The molecule has 0 amide bonds.